The van der Waals surface area contributed by atoms with Gasteiger partial charge in [-0.05, 0) is 23.8 Å². The molecule has 1 aromatic rings. The zero-order valence-electron chi connectivity index (χ0n) is 6.16. The van der Waals surface area contributed by atoms with Crippen molar-refractivity contribution in [1.82, 2.24) is 0 Å². The number of carbonyl (C=O) groups is 1. The molecule has 0 bridgehead atoms. The first-order valence-corrected chi connectivity index (χ1v) is 3.33. The van der Waals surface area contributed by atoms with Crippen molar-refractivity contribution in [3.8, 4) is 0 Å². The van der Waals surface area contributed by atoms with Crippen LogP contribution in [-0.2, 0) is 4.79 Å². The summed E-state index contributed by atoms with van der Waals surface area (Å²) < 4.78 is 12.5. The SMILES string of the molecule is O=C([O-])/C=C\c1cccc(F)c1. The number of rotatable bonds is 2. The second-order valence-electron chi connectivity index (χ2n) is 2.21. The summed E-state index contributed by atoms with van der Waals surface area (Å²) in [5.41, 5.74) is 0.499. The third-order valence-corrected chi connectivity index (χ3v) is 1.26. The van der Waals surface area contributed by atoms with Crippen LogP contribution in [0, 0.1) is 5.82 Å². The molecule has 0 atom stereocenters. The second kappa shape index (κ2) is 3.67. The summed E-state index contributed by atoms with van der Waals surface area (Å²) in [7, 11) is 0. The van der Waals surface area contributed by atoms with E-state index in [9.17, 15) is 14.3 Å². The van der Waals surface area contributed by atoms with Gasteiger partial charge in [0.05, 0.1) is 5.97 Å². The summed E-state index contributed by atoms with van der Waals surface area (Å²) in [4.78, 5) is 9.97. The predicted octanol–water partition coefficient (Wildman–Crippen LogP) is 0.589. The highest BCUT2D eigenvalue weighted by atomic mass is 19.1. The fourth-order valence-electron chi connectivity index (χ4n) is 0.775. The molecule has 1 rings (SSSR count). The van der Waals surface area contributed by atoms with E-state index in [0.717, 1.165) is 6.08 Å². The standard InChI is InChI=1S/C9H7FO2/c10-8-3-1-2-7(6-8)4-5-9(11)12/h1-6H,(H,11,12)/p-1/b5-4-. The predicted molar refractivity (Wildman–Crippen MR) is 40.4 cm³/mol. The van der Waals surface area contributed by atoms with E-state index in [1.165, 1.54) is 24.3 Å². The van der Waals surface area contributed by atoms with E-state index in [1.54, 1.807) is 6.07 Å². The fourth-order valence-corrected chi connectivity index (χ4v) is 0.775. The third kappa shape index (κ3) is 2.54. The lowest BCUT2D eigenvalue weighted by atomic mass is 10.2. The van der Waals surface area contributed by atoms with Gasteiger partial charge in [0.1, 0.15) is 5.82 Å². The number of aliphatic carboxylic acids is 1. The summed E-state index contributed by atoms with van der Waals surface area (Å²) in [5, 5.41) is 9.97. The van der Waals surface area contributed by atoms with Gasteiger partial charge in [0.25, 0.3) is 0 Å². The summed E-state index contributed by atoms with van der Waals surface area (Å²) >= 11 is 0. The topological polar surface area (TPSA) is 40.1 Å². The Balaban J connectivity index is 2.83. The molecule has 0 aliphatic carbocycles. The largest absolute Gasteiger partial charge is 0.545 e. The molecule has 3 heteroatoms. The minimum Gasteiger partial charge on any atom is -0.545 e. The van der Waals surface area contributed by atoms with E-state index in [4.69, 9.17) is 0 Å². The van der Waals surface area contributed by atoms with Crippen LogP contribution in [0.5, 0.6) is 0 Å². The maximum absolute atomic E-state index is 12.5. The van der Waals surface area contributed by atoms with Gasteiger partial charge >= 0.3 is 0 Å². The fraction of sp³-hybridized carbons (Fsp3) is 0. The first kappa shape index (κ1) is 8.46. The molecule has 0 saturated carbocycles. The van der Waals surface area contributed by atoms with Crippen LogP contribution in [0.15, 0.2) is 30.3 Å². The zero-order valence-corrected chi connectivity index (χ0v) is 6.16. The van der Waals surface area contributed by atoms with Gasteiger partial charge in [0.15, 0.2) is 0 Å². The molecule has 0 N–H and O–H groups in total. The molecule has 0 saturated heterocycles. The highest BCUT2D eigenvalue weighted by Crippen LogP contribution is 2.04. The number of halogens is 1. The Hall–Kier alpha value is -1.64. The molecule has 0 heterocycles. The molecule has 0 aliphatic heterocycles. The molecule has 2 nitrogen and oxygen atoms in total. The van der Waals surface area contributed by atoms with Crippen molar-refractivity contribution in [2.24, 2.45) is 0 Å². The van der Waals surface area contributed by atoms with Crippen LogP contribution in [0.3, 0.4) is 0 Å². The lowest BCUT2D eigenvalue weighted by Gasteiger charge is -1.93. The first-order valence-electron chi connectivity index (χ1n) is 3.33. The quantitative estimate of drug-likeness (QED) is 0.601. The molecule has 0 amide bonds. The maximum Gasteiger partial charge on any atom is 0.123 e. The minimum atomic E-state index is -1.29. The van der Waals surface area contributed by atoms with Crippen LogP contribution < -0.4 is 5.11 Å². The number of carbonyl (C=O) groups excluding carboxylic acids is 1. The van der Waals surface area contributed by atoms with Gasteiger partial charge in [-0.15, -0.1) is 0 Å². The molecule has 62 valence electrons. The molecule has 0 unspecified atom stereocenters. The van der Waals surface area contributed by atoms with E-state index in [-0.39, 0.29) is 0 Å². The van der Waals surface area contributed by atoms with Crippen LogP contribution in [-0.4, -0.2) is 5.97 Å². The molecule has 0 aliphatic rings. The van der Waals surface area contributed by atoms with Gasteiger partial charge in [-0.2, -0.15) is 0 Å². The van der Waals surface area contributed by atoms with Gasteiger partial charge in [-0.3, -0.25) is 0 Å². The molecular weight excluding hydrogens is 159 g/mol. The molecular formula is C9H6FO2-. The Morgan fingerprint density at radius 3 is 2.83 bits per heavy atom. The number of carboxylic acids is 1. The van der Waals surface area contributed by atoms with Gasteiger partial charge in [-0.1, -0.05) is 18.2 Å². The molecule has 0 fully saturated rings. The first-order chi connectivity index (χ1) is 5.68. The number of hydrogen-bond donors (Lipinski definition) is 0. The number of benzene rings is 1. The van der Waals surface area contributed by atoms with Crippen molar-refractivity contribution in [2.45, 2.75) is 0 Å². The third-order valence-electron chi connectivity index (χ3n) is 1.26. The maximum atomic E-state index is 12.5. The van der Waals surface area contributed by atoms with Crippen molar-refractivity contribution in [3.63, 3.8) is 0 Å². The summed E-state index contributed by atoms with van der Waals surface area (Å²) in [6.45, 7) is 0. The Morgan fingerprint density at radius 1 is 1.50 bits per heavy atom. The van der Waals surface area contributed by atoms with Crippen LogP contribution in [0.4, 0.5) is 4.39 Å². The van der Waals surface area contributed by atoms with Crippen LogP contribution in [0.25, 0.3) is 6.08 Å². The van der Waals surface area contributed by atoms with Crippen molar-refractivity contribution in [2.75, 3.05) is 0 Å². The highest BCUT2D eigenvalue weighted by molar-refractivity contribution is 5.83. The summed E-state index contributed by atoms with van der Waals surface area (Å²) in [6, 6.07) is 5.63. The van der Waals surface area contributed by atoms with E-state index in [0.29, 0.717) is 5.56 Å². The molecule has 0 radical (unpaired) electrons. The molecule has 0 aromatic heterocycles. The lowest BCUT2D eigenvalue weighted by molar-refractivity contribution is -0.297. The Kier molecular flexibility index (Phi) is 2.58. The summed E-state index contributed by atoms with van der Waals surface area (Å²) in [5.74, 6) is -1.69. The molecule has 1 aromatic carbocycles. The summed E-state index contributed by atoms with van der Waals surface area (Å²) in [6.07, 6.45) is 2.13. The van der Waals surface area contributed by atoms with Gasteiger partial charge in [-0.25, -0.2) is 4.39 Å². The van der Waals surface area contributed by atoms with E-state index in [2.05, 4.69) is 0 Å². The average Bonchev–Trinajstić information content (AvgIpc) is 2.01. The Bertz CT molecular complexity index is 318. The second-order valence-corrected chi connectivity index (χ2v) is 2.21. The van der Waals surface area contributed by atoms with Crippen LogP contribution >= 0.6 is 0 Å². The molecule has 12 heavy (non-hydrogen) atoms. The van der Waals surface area contributed by atoms with Crippen molar-refractivity contribution >= 4 is 12.0 Å². The van der Waals surface area contributed by atoms with E-state index in [1.807, 2.05) is 0 Å². The average molecular weight is 165 g/mol. The van der Waals surface area contributed by atoms with Crippen LogP contribution in [0.2, 0.25) is 0 Å². The van der Waals surface area contributed by atoms with Crippen molar-refractivity contribution in [1.29, 1.82) is 0 Å². The van der Waals surface area contributed by atoms with Gasteiger partial charge in [0.2, 0.25) is 0 Å². The monoisotopic (exact) mass is 165 g/mol. The van der Waals surface area contributed by atoms with E-state index >= 15 is 0 Å². The van der Waals surface area contributed by atoms with Crippen LogP contribution in [0.1, 0.15) is 5.56 Å². The lowest BCUT2D eigenvalue weighted by Crippen LogP contribution is -2.18. The highest BCUT2D eigenvalue weighted by Gasteiger charge is 1.88. The minimum absolute atomic E-state index is 0.393. The zero-order chi connectivity index (χ0) is 8.97. The van der Waals surface area contributed by atoms with Gasteiger partial charge < -0.3 is 9.90 Å². The van der Waals surface area contributed by atoms with E-state index < -0.39 is 11.8 Å². The molecule has 0 spiro atoms. The normalized spacial score (nSPS) is 10.4. The van der Waals surface area contributed by atoms with Gasteiger partial charge in [0, 0.05) is 0 Å². The number of hydrogen-bond acceptors (Lipinski definition) is 2. The number of carboxylic acid groups (broad SMARTS) is 1. The smallest absolute Gasteiger partial charge is 0.123 e. The van der Waals surface area contributed by atoms with Crippen molar-refractivity contribution in [3.05, 3.63) is 41.7 Å². The Labute approximate surface area is 69.0 Å². The Morgan fingerprint density at radius 2 is 2.25 bits per heavy atom. The van der Waals surface area contributed by atoms with Crippen molar-refractivity contribution < 1.29 is 14.3 Å².